The van der Waals surface area contributed by atoms with Crippen molar-refractivity contribution in [2.75, 3.05) is 13.7 Å². The Bertz CT molecular complexity index is 377. The van der Waals surface area contributed by atoms with Crippen LogP contribution in [0.4, 0.5) is 4.39 Å². The Morgan fingerprint density at radius 3 is 2.42 bits per heavy atom. The molecule has 1 atom stereocenters. The lowest BCUT2D eigenvalue weighted by atomic mass is 9.90. The van der Waals surface area contributed by atoms with Gasteiger partial charge in [-0.05, 0) is 31.0 Å². The van der Waals surface area contributed by atoms with Gasteiger partial charge in [0.15, 0.2) is 0 Å². The normalized spacial score (nSPS) is 12.7. The van der Waals surface area contributed by atoms with Gasteiger partial charge in [0, 0.05) is 11.6 Å². The molecule has 0 saturated heterocycles. The van der Waals surface area contributed by atoms with Gasteiger partial charge in [0.2, 0.25) is 0 Å². The Kier molecular flexibility index (Phi) is 6.85. The molecule has 0 saturated carbocycles. The summed E-state index contributed by atoms with van der Waals surface area (Å²) in [5, 5.41) is 3.39. The average molecular weight is 267 g/mol. The van der Waals surface area contributed by atoms with E-state index >= 15 is 0 Å². The van der Waals surface area contributed by atoms with E-state index in [9.17, 15) is 4.39 Å². The molecule has 0 aromatic heterocycles. The minimum Gasteiger partial charge on any atom is -0.496 e. The number of hydrogen-bond donors (Lipinski definition) is 1. The molecule has 0 radical (unpaired) electrons. The minimum absolute atomic E-state index is 0.0195. The summed E-state index contributed by atoms with van der Waals surface area (Å²) in [7, 11) is 1.60. The average Bonchev–Trinajstić information content (AvgIpc) is 2.43. The van der Waals surface area contributed by atoms with Crippen LogP contribution in [0.2, 0.25) is 0 Å². The number of hydrogen-bond acceptors (Lipinski definition) is 2. The van der Waals surface area contributed by atoms with E-state index in [2.05, 4.69) is 19.2 Å². The summed E-state index contributed by atoms with van der Waals surface area (Å²) in [5.74, 6) is 1.06. The zero-order chi connectivity index (χ0) is 14.3. The summed E-state index contributed by atoms with van der Waals surface area (Å²) in [5.41, 5.74) is 0.666. The maximum absolute atomic E-state index is 14.1. The van der Waals surface area contributed by atoms with Crippen LogP contribution in [0, 0.1) is 11.7 Å². The first-order valence-electron chi connectivity index (χ1n) is 7.23. The Morgan fingerprint density at radius 1 is 1.21 bits per heavy atom. The van der Waals surface area contributed by atoms with Crippen LogP contribution in [-0.2, 0) is 0 Å². The Hall–Kier alpha value is -1.09. The van der Waals surface area contributed by atoms with Crippen LogP contribution in [0.15, 0.2) is 18.2 Å². The highest BCUT2D eigenvalue weighted by Crippen LogP contribution is 2.33. The topological polar surface area (TPSA) is 21.3 Å². The van der Waals surface area contributed by atoms with Crippen molar-refractivity contribution in [1.82, 2.24) is 5.32 Å². The highest BCUT2D eigenvalue weighted by molar-refractivity contribution is 5.37. The van der Waals surface area contributed by atoms with Crippen LogP contribution in [0.25, 0.3) is 0 Å². The van der Waals surface area contributed by atoms with Gasteiger partial charge < -0.3 is 10.1 Å². The fourth-order valence-corrected chi connectivity index (χ4v) is 2.54. The van der Waals surface area contributed by atoms with E-state index in [1.807, 2.05) is 13.0 Å². The lowest BCUT2D eigenvalue weighted by Gasteiger charge is -2.25. The highest BCUT2D eigenvalue weighted by atomic mass is 19.1. The Labute approximate surface area is 116 Å². The molecule has 0 aliphatic heterocycles. The second-order valence-corrected chi connectivity index (χ2v) is 4.88. The first-order chi connectivity index (χ1) is 9.17. The van der Waals surface area contributed by atoms with Crippen molar-refractivity contribution in [3.63, 3.8) is 0 Å². The van der Waals surface area contributed by atoms with Crippen LogP contribution in [0.5, 0.6) is 5.75 Å². The lowest BCUT2D eigenvalue weighted by Crippen LogP contribution is -2.25. The molecule has 19 heavy (non-hydrogen) atoms. The van der Waals surface area contributed by atoms with Crippen LogP contribution >= 0.6 is 0 Å². The fraction of sp³-hybridized carbons (Fsp3) is 0.625. The van der Waals surface area contributed by atoms with Gasteiger partial charge in [0.05, 0.1) is 7.11 Å². The van der Waals surface area contributed by atoms with Crippen molar-refractivity contribution in [2.24, 2.45) is 5.92 Å². The second-order valence-electron chi connectivity index (χ2n) is 4.88. The summed E-state index contributed by atoms with van der Waals surface area (Å²) >= 11 is 0. The third-order valence-electron chi connectivity index (χ3n) is 3.76. The molecule has 0 spiro atoms. The largest absolute Gasteiger partial charge is 0.496 e. The molecule has 1 aromatic rings. The van der Waals surface area contributed by atoms with Crippen molar-refractivity contribution in [2.45, 2.75) is 46.1 Å². The highest BCUT2D eigenvalue weighted by Gasteiger charge is 2.22. The van der Waals surface area contributed by atoms with Crippen LogP contribution in [0.1, 0.15) is 51.6 Å². The van der Waals surface area contributed by atoms with Gasteiger partial charge in [0.25, 0.3) is 0 Å². The van der Waals surface area contributed by atoms with E-state index in [0.29, 0.717) is 17.2 Å². The molecule has 0 heterocycles. The zero-order valence-electron chi connectivity index (χ0n) is 12.5. The molecule has 0 fully saturated rings. The van der Waals surface area contributed by atoms with Gasteiger partial charge in [-0.3, -0.25) is 0 Å². The number of ether oxygens (including phenoxy) is 1. The van der Waals surface area contributed by atoms with Gasteiger partial charge in [-0.2, -0.15) is 0 Å². The molecular formula is C16H26FNO. The lowest BCUT2D eigenvalue weighted by molar-refractivity contribution is 0.347. The van der Waals surface area contributed by atoms with Gasteiger partial charge in [0.1, 0.15) is 11.6 Å². The molecular weight excluding hydrogens is 241 g/mol. The van der Waals surface area contributed by atoms with Crippen molar-refractivity contribution in [3.8, 4) is 5.75 Å². The van der Waals surface area contributed by atoms with Crippen molar-refractivity contribution >= 4 is 0 Å². The molecule has 2 nitrogen and oxygen atoms in total. The maximum Gasteiger partial charge on any atom is 0.131 e. The number of benzene rings is 1. The molecule has 0 aliphatic rings. The molecule has 1 aromatic carbocycles. The molecule has 0 aliphatic carbocycles. The number of halogens is 1. The Balaban J connectivity index is 3.04. The standard InChI is InChI=1S/C16H26FNO/c1-5-12(6-2)11-14(18-7-3)16-13(17)9-8-10-15(16)19-4/h8-10,12,14,18H,5-7,11H2,1-4H3. The molecule has 1 rings (SSSR count). The van der Waals surface area contributed by atoms with Crippen molar-refractivity contribution in [1.29, 1.82) is 0 Å². The smallest absolute Gasteiger partial charge is 0.131 e. The minimum atomic E-state index is -0.184. The predicted molar refractivity (Wildman–Crippen MR) is 78.1 cm³/mol. The summed E-state index contributed by atoms with van der Waals surface area (Å²) < 4.78 is 19.5. The van der Waals surface area contributed by atoms with E-state index in [4.69, 9.17) is 4.74 Å². The molecule has 3 heteroatoms. The van der Waals surface area contributed by atoms with Gasteiger partial charge >= 0.3 is 0 Å². The second kappa shape index (κ2) is 8.16. The van der Waals surface area contributed by atoms with E-state index in [1.54, 1.807) is 13.2 Å². The summed E-state index contributed by atoms with van der Waals surface area (Å²) in [6.45, 7) is 7.25. The maximum atomic E-state index is 14.1. The molecule has 108 valence electrons. The van der Waals surface area contributed by atoms with E-state index < -0.39 is 0 Å². The Morgan fingerprint density at radius 2 is 1.89 bits per heavy atom. The van der Waals surface area contributed by atoms with Gasteiger partial charge in [-0.1, -0.05) is 39.7 Å². The van der Waals surface area contributed by atoms with Crippen LogP contribution < -0.4 is 10.1 Å². The zero-order valence-corrected chi connectivity index (χ0v) is 12.5. The van der Waals surface area contributed by atoms with E-state index in [-0.39, 0.29) is 11.9 Å². The molecule has 0 amide bonds. The fourth-order valence-electron chi connectivity index (χ4n) is 2.54. The first kappa shape index (κ1) is 16.0. The van der Waals surface area contributed by atoms with E-state index in [1.165, 1.54) is 6.07 Å². The quantitative estimate of drug-likeness (QED) is 0.757. The molecule has 1 N–H and O–H groups in total. The first-order valence-corrected chi connectivity index (χ1v) is 7.23. The van der Waals surface area contributed by atoms with E-state index in [0.717, 1.165) is 25.8 Å². The number of rotatable bonds is 8. The van der Waals surface area contributed by atoms with Crippen molar-refractivity contribution in [3.05, 3.63) is 29.6 Å². The monoisotopic (exact) mass is 267 g/mol. The van der Waals surface area contributed by atoms with Crippen LogP contribution in [0.3, 0.4) is 0 Å². The third-order valence-corrected chi connectivity index (χ3v) is 3.76. The summed E-state index contributed by atoms with van der Waals surface area (Å²) in [4.78, 5) is 0. The summed E-state index contributed by atoms with van der Waals surface area (Å²) in [6.07, 6.45) is 3.18. The van der Waals surface area contributed by atoms with Gasteiger partial charge in [-0.15, -0.1) is 0 Å². The number of nitrogens with one attached hydrogen (secondary N) is 1. The SMILES string of the molecule is CCNC(CC(CC)CC)c1c(F)cccc1OC. The van der Waals surface area contributed by atoms with Gasteiger partial charge in [-0.25, -0.2) is 4.39 Å². The molecule has 0 bridgehead atoms. The molecule has 1 unspecified atom stereocenters. The predicted octanol–water partition coefficient (Wildman–Crippen LogP) is 4.31. The number of methoxy groups -OCH3 is 1. The van der Waals surface area contributed by atoms with Crippen molar-refractivity contribution < 1.29 is 9.13 Å². The summed E-state index contributed by atoms with van der Waals surface area (Å²) in [6, 6.07) is 5.05. The van der Waals surface area contributed by atoms with Crippen LogP contribution in [-0.4, -0.2) is 13.7 Å². The third kappa shape index (κ3) is 4.20.